The van der Waals surface area contributed by atoms with Crippen molar-refractivity contribution in [1.82, 2.24) is 4.90 Å². The molecule has 1 atom stereocenters. The average molecular weight is 200 g/mol. The summed E-state index contributed by atoms with van der Waals surface area (Å²) in [5.41, 5.74) is 0.969. The quantitative estimate of drug-likeness (QED) is 0.805. The molecule has 0 unspecified atom stereocenters. The summed E-state index contributed by atoms with van der Waals surface area (Å²) in [5, 5.41) is 9.88. The summed E-state index contributed by atoms with van der Waals surface area (Å²) < 4.78 is 0. The minimum Gasteiger partial charge on any atom is -0.394 e. The van der Waals surface area contributed by atoms with Crippen LogP contribution in [0.4, 0.5) is 0 Å². The van der Waals surface area contributed by atoms with Crippen molar-refractivity contribution in [3.8, 4) is 0 Å². The third kappa shape index (κ3) is 2.44. The molecule has 0 aliphatic carbocycles. The summed E-state index contributed by atoms with van der Waals surface area (Å²) in [4.78, 5) is 1.95. The zero-order valence-corrected chi connectivity index (χ0v) is 8.62. The first kappa shape index (κ1) is 10.5. The predicted molar refractivity (Wildman–Crippen MR) is 55.0 cm³/mol. The highest BCUT2D eigenvalue weighted by Gasteiger charge is 2.14. The minimum absolute atomic E-state index is 0.0197. The van der Waals surface area contributed by atoms with Crippen molar-refractivity contribution in [1.29, 1.82) is 0 Å². The number of hydrogen-bond donors (Lipinski definition) is 1. The summed E-state index contributed by atoms with van der Waals surface area (Å²) in [6, 6.07) is 7.56. The molecule has 0 aliphatic rings. The lowest BCUT2D eigenvalue weighted by Gasteiger charge is -2.23. The Kier molecular flexibility index (Phi) is 3.72. The molecular formula is C10H14ClNO. The molecule has 1 rings (SSSR count). The highest BCUT2D eigenvalue weighted by molar-refractivity contribution is 6.31. The normalized spacial score (nSPS) is 13.3. The van der Waals surface area contributed by atoms with Gasteiger partial charge in [-0.1, -0.05) is 29.8 Å². The van der Waals surface area contributed by atoms with Gasteiger partial charge in [0.2, 0.25) is 0 Å². The number of rotatable bonds is 3. The molecule has 0 aromatic heterocycles. The van der Waals surface area contributed by atoms with E-state index in [1.807, 2.05) is 43.3 Å². The van der Waals surface area contributed by atoms with Crippen molar-refractivity contribution in [3.05, 3.63) is 34.9 Å². The molecule has 2 nitrogen and oxygen atoms in total. The minimum atomic E-state index is -0.0197. The Labute approximate surface area is 83.7 Å². The van der Waals surface area contributed by atoms with Crippen LogP contribution in [0.2, 0.25) is 5.02 Å². The molecule has 3 heteroatoms. The van der Waals surface area contributed by atoms with Crippen LogP contribution in [0.25, 0.3) is 0 Å². The fourth-order valence-corrected chi connectivity index (χ4v) is 1.55. The van der Waals surface area contributed by atoms with Gasteiger partial charge >= 0.3 is 0 Å². The molecule has 0 fully saturated rings. The number of aliphatic hydroxyl groups is 1. The van der Waals surface area contributed by atoms with Crippen LogP contribution < -0.4 is 0 Å². The Balaban J connectivity index is 2.97. The Morgan fingerprint density at radius 3 is 2.46 bits per heavy atom. The molecule has 1 aromatic rings. The van der Waals surface area contributed by atoms with Crippen molar-refractivity contribution in [2.24, 2.45) is 0 Å². The monoisotopic (exact) mass is 199 g/mol. The van der Waals surface area contributed by atoms with E-state index >= 15 is 0 Å². The zero-order chi connectivity index (χ0) is 9.84. The molecule has 0 saturated heterocycles. The van der Waals surface area contributed by atoms with E-state index in [9.17, 15) is 5.11 Å². The molecule has 0 heterocycles. The third-order valence-corrected chi connectivity index (χ3v) is 2.40. The van der Waals surface area contributed by atoms with Gasteiger partial charge < -0.3 is 10.0 Å². The van der Waals surface area contributed by atoms with E-state index < -0.39 is 0 Å². The van der Waals surface area contributed by atoms with Crippen LogP contribution in [-0.4, -0.2) is 30.7 Å². The number of hydrogen-bond acceptors (Lipinski definition) is 2. The summed E-state index contributed by atoms with van der Waals surface area (Å²) in [6.07, 6.45) is 0. The van der Waals surface area contributed by atoms with Crippen LogP contribution in [0, 0.1) is 0 Å². The van der Waals surface area contributed by atoms with E-state index in [1.54, 1.807) is 0 Å². The number of likely N-dealkylation sites (N-methyl/N-ethyl adjacent to an activating group) is 1. The van der Waals surface area contributed by atoms with Gasteiger partial charge in [0.05, 0.1) is 12.6 Å². The predicted octanol–water partition coefficient (Wildman–Crippen LogP) is 1.93. The average Bonchev–Trinajstić information content (AvgIpc) is 2.09. The molecule has 0 radical (unpaired) electrons. The lowest BCUT2D eigenvalue weighted by Crippen LogP contribution is -2.23. The van der Waals surface area contributed by atoms with E-state index in [2.05, 4.69) is 0 Å². The number of nitrogens with zero attached hydrogens (tertiary/aromatic N) is 1. The largest absolute Gasteiger partial charge is 0.394 e. The van der Waals surface area contributed by atoms with Crippen LogP contribution >= 0.6 is 11.6 Å². The first-order chi connectivity index (χ1) is 6.16. The van der Waals surface area contributed by atoms with Gasteiger partial charge in [0.25, 0.3) is 0 Å². The summed E-state index contributed by atoms with van der Waals surface area (Å²) in [5.74, 6) is 0. The highest BCUT2D eigenvalue weighted by Crippen LogP contribution is 2.25. The zero-order valence-electron chi connectivity index (χ0n) is 7.87. The Hall–Kier alpha value is -0.570. The maximum Gasteiger partial charge on any atom is 0.0628 e. The standard InChI is InChI=1S/C10H14ClNO/c1-12(2)10(7-13)8-5-3-4-6-9(8)11/h3-6,10,13H,7H2,1-2H3/t10-/m1/s1. The Morgan fingerprint density at radius 1 is 1.38 bits per heavy atom. The molecule has 1 aromatic carbocycles. The van der Waals surface area contributed by atoms with Crippen molar-refractivity contribution in [2.45, 2.75) is 6.04 Å². The summed E-state index contributed by atoms with van der Waals surface area (Å²) in [7, 11) is 3.84. The van der Waals surface area contributed by atoms with Crippen molar-refractivity contribution in [3.63, 3.8) is 0 Å². The van der Waals surface area contributed by atoms with Gasteiger partial charge in [0.15, 0.2) is 0 Å². The van der Waals surface area contributed by atoms with Gasteiger partial charge in [0, 0.05) is 5.02 Å². The first-order valence-corrected chi connectivity index (χ1v) is 4.56. The van der Waals surface area contributed by atoms with E-state index in [0.29, 0.717) is 5.02 Å². The van der Waals surface area contributed by atoms with Gasteiger partial charge in [-0.25, -0.2) is 0 Å². The Bertz CT molecular complexity index is 275. The van der Waals surface area contributed by atoms with E-state index in [0.717, 1.165) is 5.56 Å². The van der Waals surface area contributed by atoms with Gasteiger partial charge in [-0.3, -0.25) is 0 Å². The molecule has 0 bridgehead atoms. The molecular weight excluding hydrogens is 186 g/mol. The SMILES string of the molecule is CN(C)[C@H](CO)c1ccccc1Cl. The fraction of sp³-hybridized carbons (Fsp3) is 0.400. The van der Waals surface area contributed by atoms with Crippen LogP contribution in [0.5, 0.6) is 0 Å². The van der Waals surface area contributed by atoms with Gasteiger partial charge in [-0.15, -0.1) is 0 Å². The lowest BCUT2D eigenvalue weighted by atomic mass is 10.1. The topological polar surface area (TPSA) is 23.5 Å². The van der Waals surface area contributed by atoms with Crippen LogP contribution in [0.15, 0.2) is 24.3 Å². The first-order valence-electron chi connectivity index (χ1n) is 4.18. The third-order valence-electron chi connectivity index (χ3n) is 2.06. The summed E-state index contributed by atoms with van der Waals surface area (Å²) >= 11 is 6.00. The van der Waals surface area contributed by atoms with Gasteiger partial charge in [-0.2, -0.15) is 0 Å². The highest BCUT2D eigenvalue weighted by atomic mass is 35.5. The Morgan fingerprint density at radius 2 is 2.00 bits per heavy atom. The lowest BCUT2D eigenvalue weighted by molar-refractivity contribution is 0.171. The van der Waals surface area contributed by atoms with Gasteiger partial charge in [-0.05, 0) is 25.7 Å². The van der Waals surface area contributed by atoms with E-state index in [-0.39, 0.29) is 12.6 Å². The van der Waals surface area contributed by atoms with Crippen LogP contribution in [-0.2, 0) is 0 Å². The second-order valence-corrected chi connectivity index (χ2v) is 3.59. The van der Waals surface area contributed by atoms with Gasteiger partial charge in [0.1, 0.15) is 0 Å². The second kappa shape index (κ2) is 4.61. The number of benzene rings is 1. The fourth-order valence-electron chi connectivity index (χ4n) is 1.29. The molecule has 72 valence electrons. The molecule has 1 N–H and O–H groups in total. The van der Waals surface area contributed by atoms with Crippen molar-refractivity contribution >= 4 is 11.6 Å². The molecule has 13 heavy (non-hydrogen) atoms. The molecule has 0 saturated carbocycles. The smallest absolute Gasteiger partial charge is 0.0628 e. The molecule has 0 spiro atoms. The van der Waals surface area contributed by atoms with E-state index in [4.69, 9.17) is 11.6 Å². The van der Waals surface area contributed by atoms with Crippen LogP contribution in [0.1, 0.15) is 11.6 Å². The molecule has 0 amide bonds. The maximum absolute atomic E-state index is 9.17. The van der Waals surface area contributed by atoms with Crippen molar-refractivity contribution in [2.75, 3.05) is 20.7 Å². The van der Waals surface area contributed by atoms with Crippen LogP contribution in [0.3, 0.4) is 0 Å². The number of halogens is 1. The summed E-state index contributed by atoms with van der Waals surface area (Å²) in [6.45, 7) is 0.0801. The van der Waals surface area contributed by atoms with Crippen molar-refractivity contribution < 1.29 is 5.11 Å². The maximum atomic E-state index is 9.17. The molecule has 0 aliphatic heterocycles. The number of aliphatic hydroxyl groups excluding tert-OH is 1. The van der Waals surface area contributed by atoms with E-state index in [1.165, 1.54) is 0 Å². The second-order valence-electron chi connectivity index (χ2n) is 3.18.